The van der Waals surface area contributed by atoms with Crippen LogP contribution in [0.25, 0.3) is 0 Å². The maximum absolute atomic E-state index is 6.22. The quantitative estimate of drug-likeness (QED) is 0.810. The summed E-state index contributed by atoms with van der Waals surface area (Å²) in [6.45, 7) is 3.21. The Hall–Kier alpha value is -0.890. The van der Waals surface area contributed by atoms with Gasteiger partial charge in [-0.1, -0.05) is 32.3 Å². The predicted molar refractivity (Wildman–Crippen MR) is 77.2 cm³/mol. The first-order valence-electron chi connectivity index (χ1n) is 7.84. The van der Waals surface area contributed by atoms with Crippen LogP contribution in [0.1, 0.15) is 64.0 Å². The van der Waals surface area contributed by atoms with Gasteiger partial charge in [0.1, 0.15) is 0 Å². The average molecular weight is 259 g/mol. The fourth-order valence-electron chi connectivity index (χ4n) is 4.27. The average Bonchev–Trinajstić information content (AvgIpc) is 2.88. The molecular weight excluding hydrogens is 234 g/mol. The molecule has 2 nitrogen and oxygen atoms in total. The van der Waals surface area contributed by atoms with Gasteiger partial charge in [0.05, 0.1) is 5.60 Å². The second-order valence-corrected chi connectivity index (χ2v) is 6.41. The summed E-state index contributed by atoms with van der Waals surface area (Å²) in [5.41, 5.74) is 1.73. The summed E-state index contributed by atoms with van der Waals surface area (Å²) in [4.78, 5) is 4.69. The van der Waals surface area contributed by atoms with E-state index in [0.717, 1.165) is 13.0 Å². The third-order valence-corrected chi connectivity index (χ3v) is 5.10. The van der Waals surface area contributed by atoms with Gasteiger partial charge >= 0.3 is 0 Å². The highest BCUT2D eigenvalue weighted by atomic mass is 16.5. The minimum Gasteiger partial charge on any atom is -0.375 e. The minimum atomic E-state index is 0.172. The molecular formula is C17H25NO. The van der Waals surface area contributed by atoms with E-state index in [-0.39, 0.29) is 11.0 Å². The lowest BCUT2D eigenvalue weighted by molar-refractivity contribution is -0.104. The molecule has 2 aliphatic rings. The molecule has 2 heteroatoms. The Balaban J connectivity index is 1.92. The van der Waals surface area contributed by atoms with Crippen LogP contribution >= 0.6 is 0 Å². The molecule has 1 aromatic rings. The van der Waals surface area contributed by atoms with Gasteiger partial charge in [-0.05, 0) is 44.2 Å². The summed E-state index contributed by atoms with van der Waals surface area (Å²) >= 11 is 0. The second-order valence-electron chi connectivity index (χ2n) is 6.41. The summed E-state index contributed by atoms with van der Waals surface area (Å²) in [5, 5.41) is 0. The normalized spacial score (nSPS) is 29.7. The van der Waals surface area contributed by atoms with Crippen molar-refractivity contribution in [2.75, 3.05) is 6.61 Å². The highest BCUT2D eigenvalue weighted by Crippen LogP contribution is 2.49. The summed E-state index contributed by atoms with van der Waals surface area (Å²) in [5.74, 6) is 0. The van der Waals surface area contributed by atoms with E-state index in [4.69, 9.17) is 9.72 Å². The smallest absolute Gasteiger partial charge is 0.0691 e. The van der Waals surface area contributed by atoms with Crippen LogP contribution in [0.4, 0.5) is 0 Å². The lowest BCUT2D eigenvalue weighted by Gasteiger charge is -2.46. The van der Waals surface area contributed by atoms with Crippen LogP contribution in [0.15, 0.2) is 24.4 Å². The molecule has 0 aromatic carbocycles. The molecule has 0 amide bonds. The van der Waals surface area contributed by atoms with E-state index in [9.17, 15) is 0 Å². The van der Waals surface area contributed by atoms with E-state index >= 15 is 0 Å². The van der Waals surface area contributed by atoms with Gasteiger partial charge in [0.25, 0.3) is 0 Å². The van der Waals surface area contributed by atoms with Crippen molar-refractivity contribution >= 4 is 0 Å². The molecule has 0 unspecified atom stereocenters. The SMILES string of the molecule is CCC[C@]1(c2ccccn2)CCOC2(CCCC2)C1. The van der Waals surface area contributed by atoms with Crippen LogP contribution in [-0.2, 0) is 10.2 Å². The van der Waals surface area contributed by atoms with Gasteiger partial charge in [-0.25, -0.2) is 0 Å². The van der Waals surface area contributed by atoms with Crippen molar-refractivity contribution in [2.24, 2.45) is 0 Å². The molecule has 0 radical (unpaired) electrons. The van der Waals surface area contributed by atoms with E-state index in [1.807, 2.05) is 12.3 Å². The van der Waals surface area contributed by atoms with Crippen molar-refractivity contribution in [3.63, 3.8) is 0 Å². The zero-order chi connectivity index (χ0) is 13.2. The lowest BCUT2D eigenvalue weighted by atomic mass is 9.67. The van der Waals surface area contributed by atoms with E-state index < -0.39 is 0 Å². The van der Waals surface area contributed by atoms with E-state index in [1.165, 1.54) is 50.6 Å². The second kappa shape index (κ2) is 5.24. The van der Waals surface area contributed by atoms with Crippen LogP contribution in [0.5, 0.6) is 0 Å². The van der Waals surface area contributed by atoms with Gasteiger partial charge in [0.15, 0.2) is 0 Å². The fourth-order valence-corrected chi connectivity index (χ4v) is 4.27. The molecule has 1 aliphatic carbocycles. The van der Waals surface area contributed by atoms with Gasteiger partial charge in [-0.3, -0.25) is 4.98 Å². The lowest BCUT2D eigenvalue weighted by Crippen LogP contribution is -2.46. The Morgan fingerprint density at radius 2 is 2.05 bits per heavy atom. The van der Waals surface area contributed by atoms with Gasteiger partial charge in [0, 0.05) is 23.9 Å². The molecule has 2 heterocycles. The van der Waals surface area contributed by atoms with Gasteiger partial charge < -0.3 is 4.74 Å². The first kappa shape index (κ1) is 13.1. The molecule has 104 valence electrons. The van der Waals surface area contributed by atoms with E-state index in [0.29, 0.717) is 0 Å². The number of rotatable bonds is 3. The standard InChI is InChI=1S/C17H25NO/c1-2-8-16(15-7-3-6-12-18-15)11-13-19-17(14-16)9-4-5-10-17/h3,6-7,12H,2,4-5,8-11,13-14H2,1H3/t16-/m0/s1. The predicted octanol–water partition coefficient (Wildman–Crippen LogP) is 4.24. The molecule has 1 spiro atoms. The van der Waals surface area contributed by atoms with E-state index in [2.05, 4.69) is 19.1 Å². The topological polar surface area (TPSA) is 22.1 Å². The summed E-state index contributed by atoms with van der Waals surface area (Å²) in [6, 6.07) is 6.38. The maximum Gasteiger partial charge on any atom is 0.0691 e. The number of pyridine rings is 1. The molecule has 0 bridgehead atoms. The van der Waals surface area contributed by atoms with Crippen LogP contribution in [0.3, 0.4) is 0 Å². The Morgan fingerprint density at radius 3 is 2.74 bits per heavy atom. The van der Waals surface area contributed by atoms with Crippen molar-refractivity contribution in [1.82, 2.24) is 4.98 Å². The van der Waals surface area contributed by atoms with Crippen LogP contribution in [-0.4, -0.2) is 17.2 Å². The molecule has 0 N–H and O–H groups in total. The summed E-state index contributed by atoms with van der Waals surface area (Å²) in [7, 11) is 0. The molecule has 2 fully saturated rings. The molecule has 1 saturated carbocycles. The molecule has 1 saturated heterocycles. The van der Waals surface area contributed by atoms with Gasteiger partial charge in [-0.15, -0.1) is 0 Å². The first-order valence-corrected chi connectivity index (χ1v) is 7.84. The highest BCUT2D eigenvalue weighted by Gasteiger charge is 2.47. The first-order chi connectivity index (χ1) is 9.29. The molecule has 1 aliphatic heterocycles. The van der Waals surface area contributed by atoms with Gasteiger partial charge in [0.2, 0.25) is 0 Å². The largest absolute Gasteiger partial charge is 0.375 e. The molecule has 1 aromatic heterocycles. The molecule has 3 rings (SSSR count). The third-order valence-electron chi connectivity index (χ3n) is 5.10. The number of nitrogens with zero attached hydrogens (tertiary/aromatic N) is 1. The van der Waals surface area contributed by atoms with Crippen molar-refractivity contribution < 1.29 is 4.74 Å². The highest BCUT2D eigenvalue weighted by molar-refractivity contribution is 5.20. The Bertz CT molecular complexity index is 407. The van der Waals surface area contributed by atoms with Crippen molar-refractivity contribution in [3.05, 3.63) is 30.1 Å². The Kier molecular flexibility index (Phi) is 3.62. The summed E-state index contributed by atoms with van der Waals surface area (Å²) < 4.78 is 6.22. The summed E-state index contributed by atoms with van der Waals surface area (Å²) in [6.07, 6.45) is 11.9. The maximum atomic E-state index is 6.22. The van der Waals surface area contributed by atoms with Crippen LogP contribution in [0.2, 0.25) is 0 Å². The third kappa shape index (κ3) is 2.43. The molecule has 1 atom stereocenters. The fraction of sp³-hybridized carbons (Fsp3) is 0.706. The zero-order valence-corrected chi connectivity index (χ0v) is 12.0. The van der Waals surface area contributed by atoms with Gasteiger partial charge in [-0.2, -0.15) is 0 Å². The molecule has 19 heavy (non-hydrogen) atoms. The number of ether oxygens (including phenoxy) is 1. The van der Waals surface area contributed by atoms with Crippen molar-refractivity contribution in [3.8, 4) is 0 Å². The van der Waals surface area contributed by atoms with Crippen LogP contribution in [0, 0.1) is 0 Å². The Labute approximate surface area is 116 Å². The van der Waals surface area contributed by atoms with Crippen LogP contribution < -0.4 is 0 Å². The Morgan fingerprint density at radius 1 is 1.21 bits per heavy atom. The minimum absolute atomic E-state index is 0.172. The van der Waals surface area contributed by atoms with Crippen molar-refractivity contribution in [2.45, 2.75) is 69.3 Å². The monoisotopic (exact) mass is 259 g/mol. The zero-order valence-electron chi connectivity index (χ0n) is 12.0. The van der Waals surface area contributed by atoms with E-state index in [1.54, 1.807) is 0 Å². The number of aromatic nitrogens is 1. The number of hydrogen-bond donors (Lipinski definition) is 0. The van der Waals surface area contributed by atoms with Crippen molar-refractivity contribution in [1.29, 1.82) is 0 Å². The number of hydrogen-bond acceptors (Lipinski definition) is 2.